The zero-order valence-electron chi connectivity index (χ0n) is 16.9. The molecule has 0 aliphatic carbocycles. The van der Waals surface area contributed by atoms with Crippen LogP contribution in [-0.4, -0.2) is 52.8 Å². The monoisotopic (exact) mass is 404 g/mol. The van der Waals surface area contributed by atoms with Gasteiger partial charge in [-0.25, -0.2) is 4.68 Å². The molecule has 2 aromatic carbocycles. The molecule has 0 saturated carbocycles. The Hall–Kier alpha value is -3.45. The van der Waals surface area contributed by atoms with Crippen LogP contribution in [0.2, 0.25) is 0 Å². The van der Waals surface area contributed by atoms with Crippen molar-refractivity contribution < 1.29 is 14.3 Å². The maximum Gasteiger partial charge on any atom is 0.254 e. The highest BCUT2D eigenvalue weighted by molar-refractivity contribution is 5.95. The van der Waals surface area contributed by atoms with Crippen LogP contribution >= 0.6 is 0 Å². The molecule has 3 aromatic rings. The van der Waals surface area contributed by atoms with E-state index in [1.165, 1.54) is 0 Å². The summed E-state index contributed by atoms with van der Waals surface area (Å²) in [4.78, 5) is 26.9. The number of ether oxygens (including phenoxy) is 1. The number of rotatable bonds is 5. The number of benzene rings is 2. The number of nitrogens with one attached hydrogen (secondary N) is 1. The van der Waals surface area contributed by atoms with E-state index >= 15 is 0 Å². The molecule has 1 fully saturated rings. The van der Waals surface area contributed by atoms with E-state index < -0.39 is 0 Å². The Labute approximate surface area is 175 Å². The number of anilines is 1. The molecule has 0 unspecified atom stereocenters. The molecule has 30 heavy (non-hydrogen) atoms. The highest BCUT2D eigenvalue weighted by Gasteiger charge is 2.19. The van der Waals surface area contributed by atoms with Crippen LogP contribution in [0.4, 0.5) is 5.69 Å². The van der Waals surface area contributed by atoms with E-state index in [0.29, 0.717) is 44.0 Å². The van der Waals surface area contributed by atoms with Crippen molar-refractivity contribution in [2.45, 2.75) is 13.3 Å². The average molecular weight is 404 g/mol. The van der Waals surface area contributed by atoms with E-state index in [4.69, 9.17) is 4.74 Å². The summed E-state index contributed by atoms with van der Waals surface area (Å²) in [5.41, 5.74) is 4.06. The number of nitrogens with zero attached hydrogens (tertiary/aromatic N) is 3. The van der Waals surface area contributed by atoms with Crippen molar-refractivity contribution in [3.05, 3.63) is 77.6 Å². The second-order valence-electron chi connectivity index (χ2n) is 7.34. The Morgan fingerprint density at radius 2 is 1.90 bits per heavy atom. The molecule has 7 heteroatoms. The molecule has 2 heterocycles. The molecule has 1 aliphatic rings. The molecule has 0 radical (unpaired) electrons. The minimum atomic E-state index is -0.101. The molecule has 154 valence electrons. The number of amides is 2. The van der Waals surface area contributed by atoms with Crippen LogP contribution in [0.25, 0.3) is 5.69 Å². The molecule has 0 atom stereocenters. The molecule has 1 aliphatic heterocycles. The maximum absolute atomic E-state index is 12.7. The molecule has 0 bridgehead atoms. The fourth-order valence-corrected chi connectivity index (χ4v) is 3.47. The second kappa shape index (κ2) is 8.92. The van der Waals surface area contributed by atoms with E-state index in [1.807, 2.05) is 49.4 Å². The van der Waals surface area contributed by atoms with E-state index in [9.17, 15) is 9.59 Å². The first-order valence-electron chi connectivity index (χ1n) is 9.96. The fraction of sp³-hybridized carbons (Fsp3) is 0.261. The third kappa shape index (κ3) is 4.75. The van der Waals surface area contributed by atoms with E-state index in [2.05, 4.69) is 10.4 Å². The van der Waals surface area contributed by atoms with E-state index in [-0.39, 0.29) is 11.8 Å². The Kier molecular flexibility index (Phi) is 5.90. The number of carbonyl (C=O) groups excluding carboxylic acids is 2. The summed E-state index contributed by atoms with van der Waals surface area (Å²) in [6, 6.07) is 15.2. The molecule has 1 N–H and O–H groups in total. The van der Waals surface area contributed by atoms with Crippen LogP contribution in [0.1, 0.15) is 21.5 Å². The minimum absolute atomic E-state index is 0.0148. The van der Waals surface area contributed by atoms with Gasteiger partial charge in [0.15, 0.2) is 0 Å². The molecule has 2 amide bonds. The summed E-state index contributed by atoms with van der Waals surface area (Å²) in [6.07, 6.45) is 3.65. The third-order valence-corrected chi connectivity index (χ3v) is 4.97. The molecule has 4 rings (SSSR count). The lowest BCUT2D eigenvalue weighted by Gasteiger charge is -2.27. The van der Waals surface area contributed by atoms with Gasteiger partial charge in [0.25, 0.3) is 5.91 Å². The van der Waals surface area contributed by atoms with Gasteiger partial charge in [-0.2, -0.15) is 5.10 Å². The van der Waals surface area contributed by atoms with Crippen LogP contribution in [0.15, 0.2) is 60.9 Å². The number of carbonyl (C=O) groups is 2. The molecule has 0 spiro atoms. The van der Waals surface area contributed by atoms with Gasteiger partial charge in [-0.1, -0.05) is 35.9 Å². The van der Waals surface area contributed by atoms with Gasteiger partial charge in [0, 0.05) is 18.7 Å². The van der Waals surface area contributed by atoms with Crippen molar-refractivity contribution in [3.8, 4) is 5.69 Å². The molecular weight excluding hydrogens is 380 g/mol. The normalized spacial score (nSPS) is 13.8. The van der Waals surface area contributed by atoms with Gasteiger partial charge < -0.3 is 15.0 Å². The Balaban J connectivity index is 1.43. The molecule has 1 aromatic heterocycles. The largest absolute Gasteiger partial charge is 0.378 e. The first-order chi connectivity index (χ1) is 14.6. The number of hydrogen-bond donors (Lipinski definition) is 1. The average Bonchev–Trinajstić information content (AvgIpc) is 3.22. The third-order valence-electron chi connectivity index (χ3n) is 4.97. The number of morpholine rings is 1. The summed E-state index contributed by atoms with van der Waals surface area (Å²) in [7, 11) is 0. The van der Waals surface area contributed by atoms with Gasteiger partial charge in [-0.15, -0.1) is 0 Å². The van der Waals surface area contributed by atoms with Gasteiger partial charge in [0.1, 0.15) is 0 Å². The van der Waals surface area contributed by atoms with Gasteiger partial charge in [-0.05, 0) is 30.7 Å². The Morgan fingerprint density at radius 3 is 2.70 bits per heavy atom. The summed E-state index contributed by atoms with van der Waals surface area (Å²) < 4.78 is 6.97. The summed E-state index contributed by atoms with van der Waals surface area (Å²) in [5, 5.41) is 7.21. The number of aryl methyl sites for hydroxylation is 1. The number of aromatic nitrogens is 2. The second-order valence-corrected chi connectivity index (χ2v) is 7.34. The predicted molar refractivity (Wildman–Crippen MR) is 114 cm³/mol. The minimum Gasteiger partial charge on any atom is -0.378 e. The van der Waals surface area contributed by atoms with Gasteiger partial charge in [0.2, 0.25) is 5.91 Å². The van der Waals surface area contributed by atoms with Gasteiger partial charge in [0.05, 0.1) is 43.4 Å². The van der Waals surface area contributed by atoms with Crippen LogP contribution in [0.3, 0.4) is 0 Å². The van der Waals surface area contributed by atoms with Crippen molar-refractivity contribution in [3.63, 3.8) is 0 Å². The predicted octanol–water partition coefficient (Wildman–Crippen LogP) is 2.83. The van der Waals surface area contributed by atoms with Crippen molar-refractivity contribution in [2.75, 3.05) is 31.6 Å². The Morgan fingerprint density at radius 1 is 1.10 bits per heavy atom. The lowest BCUT2D eigenvalue weighted by Crippen LogP contribution is -2.40. The SMILES string of the molecule is Cc1cccc(CC(=O)Nc2cnn(-c3cccc(C(=O)N4CCOCC4)c3)c2)c1. The van der Waals surface area contributed by atoms with Crippen LogP contribution in [0, 0.1) is 6.92 Å². The van der Waals surface area contributed by atoms with Crippen molar-refractivity contribution in [1.82, 2.24) is 14.7 Å². The molecule has 1 saturated heterocycles. The van der Waals surface area contributed by atoms with E-state index in [1.54, 1.807) is 28.0 Å². The zero-order valence-corrected chi connectivity index (χ0v) is 16.9. The van der Waals surface area contributed by atoms with Crippen LogP contribution in [0.5, 0.6) is 0 Å². The smallest absolute Gasteiger partial charge is 0.254 e. The highest BCUT2D eigenvalue weighted by Crippen LogP contribution is 2.16. The zero-order chi connectivity index (χ0) is 20.9. The summed E-state index contributed by atoms with van der Waals surface area (Å²) in [6.45, 7) is 4.33. The molecule has 7 nitrogen and oxygen atoms in total. The first kappa shape index (κ1) is 19.8. The summed E-state index contributed by atoms with van der Waals surface area (Å²) in [5.74, 6) is -0.115. The van der Waals surface area contributed by atoms with Crippen LogP contribution < -0.4 is 5.32 Å². The maximum atomic E-state index is 12.7. The van der Waals surface area contributed by atoms with Crippen LogP contribution in [-0.2, 0) is 16.0 Å². The quantitative estimate of drug-likeness (QED) is 0.710. The van der Waals surface area contributed by atoms with Gasteiger partial charge in [-0.3, -0.25) is 9.59 Å². The summed E-state index contributed by atoms with van der Waals surface area (Å²) >= 11 is 0. The topological polar surface area (TPSA) is 76.5 Å². The van der Waals surface area contributed by atoms with Crippen molar-refractivity contribution in [2.24, 2.45) is 0 Å². The Bertz CT molecular complexity index is 1050. The van der Waals surface area contributed by atoms with Gasteiger partial charge >= 0.3 is 0 Å². The fourth-order valence-electron chi connectivity index (χ4n) is 3.47. The van der Waals surface area contributed by atoms with E-state index in [0.717, 1.165) is 16.8 Å². The first-order valence-corrected chi connectivity index (χ1v) is 9.96. The lowest BCUT2D eigenvalue weighted by molar-refractivity contribution is -0.115. The molecular formula is C23H24N4O3. The van der Waals surface area contributed by atoms with Crippen molar-refractivity contribution in [1.29, 1.82) is 0 Å². The van der Waals surface area contributed by atoms with Crippen molar-refractivity contribution >= 4 is 17.5 Å². The standard InChI is InChI=1S/C23H24N4O3/c1-17-4-2-5-18(12-17)13-22(28)25-20-15-24-27(16-20)21-7-3-6-19(14-21)23(29)26-8-10-30-11-9-26/h2-7,12,14-16H,8-11,13H2,1H3,(H,25,28). The number of hydrogen-bond acceptors (Lipinski definition) is 4. The lowest BCUT2D eigenvalue weighted by atomic mass is 10.1. The highest BCUT2D eigenvalue weighted by atomic mass is 16.5.